The minimum atomic E-state index is 0.603. The number of nitrogens with one attached hydrogen (secondary N) is 1. The lowest BCUT2D eigenvalue weighted by molar-refractivity contribution is 0.0144. The second kappa shape index (κ2) is 14.3. The van der Waals surface area contributed by atoms with E-state index in [9.17, 15) is 0 Å². The molecule has 1 rings (SSSR count). The van der Waals surface area contributed by atoms with Crippen molar-refractivity contribution < 1.29 is 18.9 Å². The maximum absolute atomic E-state index is 5.51. The Morgan fingerprint density at radius 2 is 1.39 bits per heavy atom. The Balaban J connectivity index is 1.82. The van der Waals surface area contributed by atoms with Crippen molar-refractivity contribution in [1.29, 1.82) is 0 Å². The average molecular weight is 326 g/mol. The molecule has 0 bridgehead atoms. The third kappa shape index (κ3) is 10.9. The standard InChI is InChI=1S/C17H30N2O4/c1-20-17-6-4-16(5-7-17)19-9-3-11-22-13-15-23-14-12-21-10-2-8-18/h4-7,19H,2-3,8-15,18H2,1H3. The lowest BCUT2D eigenvalue weighted by atomic mass is 10.3. The fraction of sp³-hybridized carbons (Fsp3) is 0.647. The highest BCUT2D eigenvalue weighted by Crippen LogP contribution is 2.14. The molecule has 0 aliphatic rings. The van der Waals surface area contributed by atoms with Gasteiger partial charge < -0.3 is 30.0 Å². The van der Waals surface area contributed by atoms with Gasteiger partial charge in [0.2, 0.25) is 0 Å². The van der Waals surface area contributed by atoms with E-state index in [1.54, 1.807) is 7.11 Å². The normalized spacial score (nSPS) is 10.7. The number of nitrogens with two attached hydrogens (primary N) is 1. The van der Waals surface area contributed by atoms with Gasteiger partial charge in [0.15, 0.2) is 0 Å². The van der Waals surface area contributed by atoms with Crippen LogP contribution in [0.15, 0.2) is 24.3 Å². The Bertz CT molecular complexity index is 373. The highest BCUT2D eigenvalue weighted by atomic mass is 16.5. The Morgan fingerprint density at radius 3 is 1.96 bits per heavy atom. The summed E-state index contributed by atoms with van der Waals surface area (Å²) in [6, 6.07) is 7.89. The second-order valence-corrected chi connectivity index (χ2v) is 4.99. The van der Waals surface area contributed by atoms with Crippen molar-refractivity contribution in [3.63, 3.8) is 0 Å². The van der Waals surface area contributed by atoms with Crippen LogP contribution in [0.25, 0.3) is 0 Å². The molecule has 0 fully saturated rings. The van der Waals surface area contributed by atoms with Gasteiger partial charge in [0.05, 0.1) is 33.5 Å². The summed E-state index contributed by atoms with van der Waals surface area (Å²) in [5.74, 6) is 0.865. The highest BCUT2D eigenvalue weighted by molar-refractivity contribution is 5.46. The summed E-state index contributed by atoms with van der Waals surface area (Å²) in [4.78, 5) is 0. The first-order valence-electron chi connectivity index (χ1n) is 8.18. The average Bonchev–Trinajstić information content (AvgIpc) is 2.59. The van der Waals surface area contributed by atoms with Gasteiger partial charge in [-0.15, -0.1) is 0 Å². The van der Waals surface area contributed by atoms with Crippen LogP contribution in [0.4, 0.5) is 5.69 Å². The van der Waals surface area contributed by atoms with Crippen LogP contribution in [-0.2, 0) is 14.2 Å². The maximum atomic E-state index is 5.51. The van der Waals surface area contributed by atoms with Gasteiger partial charge in [-0.3, -0.25) is 0 Å². The van der Waals surface area contributed by atoms with Crippen molar-refractivity contribution in [2.75, 3.05) is 65.2 Å². The van der Waals surface area contributed by atoms with Crippen molar-refractivity contribution in [2.45, 2.75) is 12.8 Å². The molecular formula is C17H30N2O4. The molecule has 3 N–H and O–H groups in total. The molecule has 6 nitrogen and oxygen atoms in total. The largest absolute Gasteiger partial charge is 0.497 e. The summed E-state index contributed by atoms with van der Waals surface area (Å²) in [5.41, 5.74) is 6.45. The summed E-state index contributed by atoms with van der Waals surface area (Å²) in [5, 5.41) is 3.34. The first-order valence-corrected chi connectivity index (χ1v) is 8.18. The van der Waals surface area contributed by atoms with Crippen LogP contribution in [-0.4, -0.2) is 59.8 Å². The molecule has 0 heterocycles. The summed E-state index contributed by atoms with van der Waals surface area (Å²) in [6.45, 7) is 5.41. The molecule has 0 spiro atoms. The first-order chi connectivity index (χ1) is 11.4. The van der Waals surface area contributed by atoms with Crippen LogP contribution in [0.3, 0.4) is 0 Å². The van der Waals surface area contributed by atoms with Gasteiger partial charge >= 0.3 is 0 Å². The Kier molecular flexibility index (Phi) is 12.2. The van der Waals surface area contributed by atoms with E-state index in [0.29, 0.717) is 39.6 Å². The molecule has 0 saturated carbocycles. The van der Waals surface area contributed by atoms with Gasteiger partial charge in [-0.1, -0.05) is 0 Å². The maximum Gasteiger partial charge on any atom is 0.119 e. The Morgan fingerprint density at radius 1 is 0.826 bits per heavy atom. The van der Waals surface area contributed by atoms with Crippen molar-refractivity contribution in [2.24, 2.45) is 5.73 Å². The minimum absolute atomic E-state index is 0.603. The van der Waals surface area contributed by atoms with E-state index in [0.717, 1.165) is 37.4 Å². The SMILES string of the molecule is COc1ccc(NCCCOCCOCCOCCCN)cc1. The molecule has 0 amide bonds. The molecule has 0 aliphatic heterocycles. The molecule has 1 aromatic carbocycles. The van der Waals surface area contributed by atoms with Gasteiger partial charge in [-0.2, -0.15) is 0 Å². The van der Waals surface area contributed by atoms with Crippen molar-refractivity contribution in [3.05, 3.63) is 24.3 Å². The van der Waals surface area contributed by atoms with Gasteiger partial charge in [0, 0.05) is 25.4 Å². The smallest absolute Gasteiger partial charge is 0.119 e. The molecule has 0 radical (unpaired) electrons. The fourth-order valence-corrected chi connectivity index (χ4v) is 1.84. The third-order valence-corrected chi connectivity index (χ3v) is 3.12. The number of benzene rings is 1. The molecule has 0 aliphatic carbocycles. The molecule has 132 valence electrons. The van der Waals surface area contributed by atoms with Crippen molar-refractivity contribution in [1.82, 2.24) is 0 Å². The number of anilines is 1. The van der Waals surface area contributed by atoms with Crippen LogP contribution in [0.2, 0.25) is 0 Å². The van der Waals surface area contributed by atoms with Crippen LogP contribution >= 0.6 is 0 Å². The monoisotopic (exact) mass is 326 g/mol. The number of hydrogen-bond donors (Lipinski definition) is 2. The summed E-state index contributed by atoms with van der Waals surface area (Å²) >= 11 is 0. The summed E-state index contributed by atoms with van der Waals surface area (Å²) in [6.07, 6.45) is 1.85. The lowest BCUT2D eigenvalue weighted by Gasteiger charge is -2.08. The van der Waals surface area contributed by atoms with E-state index in [2.05, 4.69) is 5.32 Å². The molecule has 23 heavy (non-hydrogen) atoms. The molecule has 0 atom stereocenters. The van der Waals surface area contributed by atoms with Crippen LogP contribution in [0, 0.1) is 0 Å². The third-order valence-electron chi connectivity index (χ3n) is 3.12. The zero-order valence-electron chi connectivity index (χ0n) is 14.1. The van der Waals surface area contributed by atoms with Crippen molar-refractivity contribution >= 4 is 5.69 Å². The molecular weight excluding hydrogens is 296 g/mol. The van der Waals surface area contributed by atoms with Gasteiger partial charge in [-0.25, -0.2) is 0 Å². The van der Waals surface area contributed by atoms with Crippen LogP contribution < -0.4 is 15.8 Å². The molecule has 0 aromatic heterocycles. The first kappa shape index (κ1) is 19.7. The zero-order valence-corrected chi connectivity index (χ0v) is 14.1. The molecule has 6 heteroatoms. The predicted octanol–water partition coefficient (Wildman–Crippen LogP) is 1.90. The van der Waals surface area contributed by atoms with Crippen molar-refractivity contribution in [3.8, 4) is 5.75 Å². The predicted molar refractivity (Wildman–Crippen MR) is 92.2 cm³/mol. The van der Waals surface area contributed by atoms with E-state index in [-0.39, 0.29) is 0 Å². The van der Waals surface area contributed by atoms with E-state index in [1.165, 1.54) is 0 Å². The zero-order chi connectivity index (χ0) is 16.6. The van der Waals surface area contributed by atoms with Gasteiger partial charge in [0.1, 0.15) is 5.75 Å². The topological polar surface area (TPSA) is 75.0 Å². The minimum Gasteiger partial charge on any atom is -0.497 e. The van der Waals surface area contributed by atoms with Crippen LogP contribution in [0.5, 0.6) is 5.75 Å². The number of hydrogen-bond acceptors (Lipinski definition) is 6. The summed E-state index contributed by atoms with van der Waals surface area (Å²) in [7, 11) is 1.67. The number of ether oxygens (including phenoxy) is 4. The Labute approximate surface area is 139 Å². The molecule has 0 unspecified atom stereocenters. The van der Waals surface area contributed by atoms with Gasteiger partial charge in [-0.05, 0) is 43.7 Å². The lowest BCUT2D eigenvalue weighted by Crippen LogP contribution is -2.12. The fourth-order valence-electron chi connectivity index (χ4n) is 1.84. The van der Waals surface area contributed by atoms with E-state index < -0.39 is 0 Å². The number of rotatable bonds is 15. The van der Waals surface area contributed by atoms with Gasteiger partial charge in [0.25, 0.3) is 0 Å². The van der Waals surface area contributed by atoms with Crippen LogP contribution in [0.1, 0.15) is 12.8 Å². The number of methoxy groups -OCH3 is 1. The quantitative estimate of drug-likeness (QED) is 0.480. The Hall–Kier alpha value is -1.34. The second-order valence-electron chi connectivity index (χ2n) is 4.99. The van der Waals surface area contributed by atoms with E-state index in [1.807, 2.05) is 24.3 Å². The van der Waals surface area contributed by atoms with E-state index >= 15 is 0 Å². The summed E-state index contributed by atoms with van der Waals surface area (Å²) < 4.78 is 21.4. The van der Waals surface area contributed by atoms with E-state index in [4.69, 9.17) is 24.7 Å². The molecule has 0 saturated heterocycles. The highest BCUT2D eigenvalue weighted by Gasteiger charge is 1.95. The molecule has 1 aromatic rings.